The summed E-state index contributed by atoms with van der Waals surface area (Å²) in [6.07, 6.45) is 0.919. The van der Waals surface area contributed by atoms with Crippen LogP contribution in [0.25, 0.3) is 0 Å². The monoisotopic (exact) mass is 317 g/mol. The minimum atomic E-state index is 0.0119. The summed E-state index contributed by atoms with van der Waals surface area (Å²) < 4.78 is 0. The average Bonchev–Trinajstić information content (AvgIpc) is 2.36. The number of carbonyl (C=O) groups excluding carboxylic acids is 1. The maximum Gasteiger partial charge on any atom is 0.230 e. The zero-order chi connectivity index (χ0) is 16.1. The van der Waals surface area contributed by atoms with Crippen LogP contribution >= 0.6 is 7.51 Å². The zero-order valence-corrected chi connectivity index (χ0v) is 16.1. The van der Waals surface area contributed by atoms with E-state index in [1.807, 2.05) is 6.92 Å². The molecule has 0 aliphatic heterocycles. The molecule has 0 spiro atoms. The highest BCUT2D eigenvalue weighted by Gasteiger charge is 2.41. The van der Waals surface area contributed by atoms with Gasteiger partial charge in [0.2, 0.25) is 5.91 Å². The Hall–Kier alpha value is -0.0100. The zero-order valence-electron chi connectivity index (χ0n) is 14.4. The standard InChI is InChI=1S/C16H32NOPS/c1-10(2)13(6)16(8,14(7)11(3)4)9-12(5)15(18)17-19-20/h10-14H,9H2,1-8H3,(H,17,18,20). The van der Waals surface area contributed by atoms with Crippen molar-refractivity contribution in [3.63, 3.8) is 0 Å². The van der Waals surface area contributed by atoms with E-state index in [0.717, 1.165) is 6.42 Å². The largest absolute Gasteiger partial charge is 0.299 e. The molecule has 1 N–H and O–H groups in total. The third-order valence-electron chi connectivity index (χ3n) is 5.43. The maximum absolute atomic E-state index is 12.0. The van der Waals surface area contributed by atoms with E-state index in [1.165, 1.54) is 0 Å². The third kappa shape index (κ3) is 5.07. The fraction of sp³-hybridized carbons (Fsp3) is 0.938. The van der Waals surface area contributed by atoms with Crippen LogP contribution in [-0.4, -0.2) is 5.91 Å². The summed E-state index contributed by atoms with van der Waals surface area (Å²) in [5.41, 5.74) is 0.164. The molecule has 0 bridgehead atoms. The molecule has 20 heavy (non-hydrogen) atoms. The van der Waals surface area contributed by atoms with Crippen molar-refractivity contribution in [3.8, 4) is 0 Å². The van der Waals surface area contributed by atoms with Gasteiger partial charge in [-0.25, -0.2) is 0 Å². The first-order valence-electron chi connectivity index (χ1n) is 7.70. The number of rotatable bonds is 8. The molecule has 0 rings (SSSR count). The molecule has 0 heterocycles. The Bertz CT molecular complexity index is 316. The molecule has 0 radical (unpaired) electrons. The van der Waals surface area contributed by atoms with Gasteiger partial charge in [0, 0.05) is 5.92 Å². The molecule has 4 heteroatoms. The van der Waals surface area contributed by atoms with Gasteiger partial charge in [-0.15, -0.1) is 0 Å². The molecule has 3 unspecified atom stereocenters. The lowest BCUT2D eigenvalue weighted by Crippen LogP contribution is -2.41. The molecule has 118 valence electrons. The summed E-state index contributed by atoms with van der Waals surface area (Å²) in [5.74, 6) is 2.49. The van der Waals surface area contributed by atoms with E-state index in [9.17, 15) is 4.79 Å². The molecule has 0 aromatic rings. The predicted octanol–water partition coefficient (Wildman–Crippen LogP) is 5.04. The Kier molecular flexibility index (Phi) is 8.43. The second-order valence-electron chi connectivity index (χ2n) is 7.24. The molecular weight excluding hydrogens is 285 g/mol. The summed E-state index contributed by atoms with van der Waals surface area (Å²) in [7, 11) is 0.529. The molecule has 1 amide bonds. The van der Waals surface area contributed by atoms with Crippen molar-refractivity contribution >= 4 is 25.2 Å². The van der Waals surface area contributed by atoms with Crippen LogP contribution in [0.5, 0.6) is 0 Å². The topological polar surface area (TPSA) is 29.1 Å². The van der Waals surface area contributed by atoms with Crippen molar-refractivity contribution in [1.29, 1.82) is 0 Å². The number of amides is 1. The predicted molar refractivity (Wildman–Crippen MR) is 92.3 cm³/mol. The average molecular weight is 317 g/mol. The summed E-state index contributed by atoms with van der Waals surface area (Å²) in [6, 6.07) is 0. The Morgan fingerprint density at radius 1 is 1.05 bits per heavy atom. The van der Waals surface area contributed by atoms with E-state index in [4.69, 9.17) is 11.8 Å². The smallest absolute Gasteiger partial charge is 0.230 e. The number of carbonyl (C=O) groups is 1. The minimum absolute atomic E-state index is 0.0119. The lowest BCUT2D eigenvalue weighted by molar-refractivity contribution is -0.124. The highest BCUT2D eigenvalue weighted by molar-refractivity contribution is 7.95. The Morgan fingerprint density at radius 3 is 1.75 bits per heavy atom. The fourth-order valence-corrected chi connectivity index (χ4v) is 3.80. The van der Waals surface area contributed by atoms with Gasteiger partial charge in [-0.05, 0) is 47.3 Å². The molecule has 0 aromatic heterocycles. The van der Waals surface area contributed by atoms with Crippen molar-refractivity contribution < 1.29 is 4.79 Å². The van der Waals surface area contributed by atoms with Crippen molar-refractivity contribution in [2.45, 2.75) is 61.8 Å². The van der Waals surface area contributed by atoms with Gasteiger partial charge in [0.05, 0.1) is 7.51 Å². The van der Waals surface area contributed by atoms with Crippen LogP contribution in [0.4, 0.5) is 0 Å². The van der Waals surface area contributed by atoms with Crippen molar-refractivity contribution in [2.24, 2.45) is 35.0 Å². The lowest BCUT2D eigenvalue weighted by atomic mass is 9.59. The van der Waals surface area contributed by atoms with Gasteiger partial charge in [0.15, 0.2) is 0 Å². The molecule has 3 atom stereocenters. The normalized spacial score (nSPS) is 19.7. The van der Waals surface area contributed by atoms with Crippen LogP contribution in [0.1, 0.15) is 61.8 Å². The summed E-state index contributed by atoms with van der Waals surface area (Å²) in [6.45, 7) is 18.2. The van der Waals surface area contributed by atoms with Crippen molar-refractivity contribution in [3.05, 3.63) is 0 Å². The van der Waals surface area contributed by atoms with E-state index in [1.54, 1.807) is 0 Å². The molecule has 0 aliphatic carbocycles. The molecule has 0 aromatic carbocycles. The summed E-state index contributed by atoms with van der Waals surface area (Å²) in [4.78, 5) is 12.0. The maximum atomic E-state index is 12.0. The highest BCUT2D eigenvalue weighted by Crippen LogP contribution is 2.47. The fourth-order valence-electron chi connectivity index (χ4n) is 3.22. The van der Waals surface area contributed by atoms with Gasteiger partial charge < -0.3 is 0 Å². The quantitative estimate of drug-likeness (QED) is 0.635. The van der Waals surface area contributed by atoms with Crippen LogP contribution in [-0.2, 0) is 16.6 Å². The molecule has 0 fully saturated rings. The summed E-state index contributed by atoms with van der Waals surface area (Å²) >= 11 is 4.82. The van der Waals surface area contributed by atoms with Gasteiger partial charge in [-0.2, -0.15) is 0 Å². The Morgan fingerprint density at radius 2 is 1.45 bits per heavy atom. The van der Waals surface area contributed by atoms with Crippen LogP contribution in [0.15, 0.2) is 0 Å². The van der Waals surface area contributed by atoms with Crippen molar-refractivity contribution in [2.75, 3.05) is 0 Å². The van der Waals surface area contributed by atoms with Crippen LogP contribution in [0.2, 0.25) is 0 Å². The molecule has 0 aliphatic rings. The van der Waals surface area contributed by atoms with E-state index < -0.39 is 0 Å². The van der Waals surface area contributed by atoms with Gasteiger partial charge in [-0.3, -0.25) is 9.88 Å². The van der Waals surface area contributed by atoms with Gasteiger partial charge in [0.1, 0.15) is 0 Å². The minimum Gasteiger partial charge on any atom is -0.299 e. The Labute approximate surface area is 132 Å². The SMILES string of the molecule is CC(CC(C)(C(C)C(C)C)C(C)C(C)C)C(=O)NP=S. The summed E-state index contributed by atoms with van der Waals surface area (Å²) in [5, 5.41) is 2.75. The number of hydrogen-bond donors (Lipinski definition) is 1. The first kappa shape index (κ1) is 20.0. The van der Waals surface area contributed by atoms with Crippen LogP contribution in [0, 0.1) is 35.0 Å². The second-order valence-corrected chi connectivity index (χ2v) is 8.20. The van der Waals surface area contributed by atoms with E-state index in [-0.39, 0.29) is 17.2 Å². The van der Waals surface area contributed by atoms with Gasteiger partial charge >= 0.3 is 0 Å². The van der Waals surface area contributed by atoms with Crippen LogP contribution in [0.3, 0.4) is 0 Å². The lowest BCUT2D eigenvalue weighted by Gasteiger charge is -2.46. The molecule has 2 nitrogen and oxygen atoms in total. The first-order chi connectivity index (χ1) is 9.07. The third-order valence-corrected chi connectivity index (χ3v) is 6.02. The van der Waals surface area contributed by atoms with E-state index in [2.05, 4.69) is 53.6 Å². The second kappa shape index (κ2) is 8.44. The first-order valence-corrected chi connectivity index (χ1v) is 9.60. The van der Waals surface area contributed by atoms with E-state index in [0.29, 0.717) is 31.2 Å². The van der Waals surface area contributed by atoms with E-state index >= 15 is 0 Å². The number of nitrogens with one attached hydrogen (secondary N) is 1. The van der Waals surface area contributed by atoms with Crippen molar-refractivity contribution in [1.82, 2.24) is 5.09 Å². The number of hydrogen-bond acceptors (Lipinski definition) is 2. The molecular formula is C16H32NOPS. The highest BCUT2D eigenvalue weighted by atomic mass is 32.4. The Balaban J connectivity index is 5.23. The molecule has 0 saturated carbocycles. The van der Waals surface area contributed by atoms with Gasteiger partial charge in [-0.1, -0.05) is 55.4 Å². The van der Waals surface area contributed by atoms with Gasteiger partial charge in [0.25, 0.3) is 0 Å². The van der Waals surface area contributed by atoms with Crippen LogP contribution < -0.4 is 5.09 Å². The molecule has 0 saturated heterocycles.